The van der Waals surface area contributed by atoms with Crippen molar-refractivity contribution in [1.29, 1.82) is 0 Å². The van der Waals surface area contributed by atoms with E-state index < -0.39 is 10.0 Å². The molecule has 1 atom stereocenters. The van der Waals surface area contributed by atoms with Crippen molar-refractivity contribution in [1.82, 2.24) is 4.90 Å². The first-order valence-corrected chi connectivity index (χ1v) is 9.73. The van der Waals surface area contributed by atoms with Gasteiger partial charge in [-0.15, -0.1) is 0 Å². The van der Waals surface area contributed by atoms with E-state index in [0.29, 0.717) is 10.2 Å². The second-order valence-electron chi connectivity index (χ2n) is 5.52. The van der Waals surface area contributed by atoms with Crippen LogP contribution in [-0.4, -0.2) is 33.4 Å². The molecule has 2 rings (SSSR count). The van der Waals surface area contributed by atoms with Crippen LogP contribution in [0.1, 0.15) is 28.9 Å². The molecule has 2 aromatic carbocycles. The van der Waals surface area contributed by atoms with E-state index in [1.807, 2.05) is 31.2 Å². The Morgan fingerprint density at radius 1 is 1.24 bits per heavy atom. The number of primary sulfonamides is 1. The van der Waals surface area contributed by atoms with Crippen LogP contribution < -0.4 is 9.88 Å². The topological polar surface area (TPSA) is 89.7 Å². The average Bonchev–Trinajstić information content (AvgIpc) is 2.59. The molecule has 0 fully saturated rings. The van der Waals surface area contributed by atoms with Crippen molar-refractivity contribution in [2.45, 2.75) is 17.9 Å². The molecule has 2 aromatic rings. The van der Waals surface area contributed by atoms with Crippen LogP contribution >= 0.6 is 15.9 Å². The molecule has 1 unspecified atom stereocenters. The maximum atomic E-state index is 12.9. The fraction of sp³-hybridized carbons (Fsp3) is 0.235. The molecule has 0 saturated carbocycles. The number of rotatable bonds is 5. The molecule has 0 aromatic heterocycles. The van der Waals surface area contributed by atoms with Gasteiger partial charge in [-0.1, -0.05) is 18.2 Å². The first kappa shape index (κ1) is 19.4. The number of nitrogens with zero attached hydrogens (tertiary/aromatic N) is 1. The Morgan fingerprint density at radius 2 is 1.88 bits per heavy atom. The SMILES string of the molecule is COc1ccccc1C(C)N(C)C(=O)c1cc(S(N)(=O)=O)ccc1Br. The number of hydrogen-bond donors (Lipinski definition) is 1. The number of hydrogen-bond acceptors (Lipinski definition) is 4. The van der Waals surface area contributed by atoms with E-state index in [-0.39, 0.29) is 22.4 Å². The third kappa shape index (κ3) is 4.20. The highest BCUT2D eigenvalue weighted by molar-refractivity contribution is 9.10. The normalized spacial score (nSPS) is 12.5. The number of para-hydroxylation sites is 1. The molecule has 25 heavy (non-hydrogen) atoms. The van der Waals surface area contributed by atoms with Crippen molar-refractivity contribution in [3.05, 3.63) is 58.1 Å². The van der Waals surface area contributed by atoms with Gasteiger partial charge in [-0.25, -0.2) is 13.6 Å². The fourth-order valence-electron chi connectivity index (χ4n) is 2.43. The van der Waals surface area contributed by atoms with Crippen LogP contribution in [0.25, 0.3) is 0 Å². The molecule has 0 aliphatic carbocycles. The van der Waals surface area contributed by atoms with E-state index in [1.165, 1.54) is 23.1 Å². The van der Waals surface area contributed by atoms with Crippen LogP contribution in [0.4, 0.5) is 0 Å². The molecule has 0 aliphatic rings. The van der Waals surface area contributed by atoms with Crippen LogP contribution in [0.15, 0.2) is 51.8 Å². The summed E-state index contributed by atoms with van der Waals surface area (Å²) in [4.78, 5) is 14.3. The largest absolute Gasteiger partial charge is 0.496 e. The van der Waals surface area contributed by atoms with E-state index in [2.05, 4.69) is 15.9 Å². The summed E-state index contributed by atoms with van der Waals surface area (Å²) >= 11 is 3.29. The van der Waals surface area contributed by atoms with Crippen molar-refractivity contribution >= 4 is 31.9 Å². The maximum Gasteiger partial charge on any atom is 0.255 e. The number of methoxy groups -OCH3 is 1. The van der Waals surface area contributed by atoms with Crippen LogP contribution in [-0.2, 0) is 10.0 Å². The summed E-state index contributed by atoms with van der Waals surface area (Å²) in [5.41, 5.74) is 1.07. The molecule has 0 heterocycles. The first-order valence-electron chi connectivity index (χ1n) is 7.39. The lowest BCUT2D eigenvalue weighted by atomic mass is 10.0. The van der Waals surface area contributed by atoms with Gasteiger partial charge in [0, 0.05) is 17.1 Å². The van der Waals surface area contributed by atoms with Crippen molar-refractivity contribution in [3.8, 4) is 5.75 Å². The van der Waals surface area contributed by atoms with Gasteiger partial charge in [0.05, 0.1) is 23.6 Å². The predicted octanol–water partition coefficient (Wildman–Crippen LogP) is 2.94. The minimum absolute atomic E-state index is 0.114. The molecule has 0 radical (unpaired) electrons. The van der Waals surface area contributed by atoms with Gasteiger partial charge < -0.3 is 9.64 Å². The second kappa shape index (κ2) is 7.55. The van der Waals surface area contributed by atoms with Crippen molar-refractivity contribution in [2.75, 3.05) is 14.2 Å². The highest BCUT2D eigenvalue weighted by Crippen LogP contribution is 2.30. The minimum atomic E-state index is -3.90. The molecule has 2 N–H and O–H groups in total. The summed E-state index contributed by atoms with van der Waals surface area (Å²) in [6.45, 7) is 1.87. The standard InChI is InChI=1S/C17H19BrN2O4S/c1-11(13-6-4-5-7-16(13)24-3)20(2)17(21)14-10-12(25(19,22)23)8-9-15(14)18/h4-11H,1-3H3,(H2,19,22,23). The molecular formula is C17H19BrN2O4S. The number of carbonyl (C=O) groups is 1. The lowest BCUT2D eigenvalue weighted by Crippen LogP contribution is -2.30. The number of benzene rings is 2. The van der Waals surface area contributed by atoms with E-state index in [9.17, 15) is 13.2 Å². The lowest BCUT2D eigenvalue weighted by molar-refractivity contribution is 0.0740. The van der Waals surface area contributed by atoms with Crippen LogP contribution in [0.2, 0.25) is 0 Å². The van der Waals surface area contributed by atoms with Gasteiger partial charge in [0.25, 0.3) is 5.91 Å². The smallest absolute Gasteiger partial charge is 0.255 e. The first-order chi connectivity index (χ1) is 11.7. The summed E-state index contributed by atoms with van der Waals surface area (Å²) in [6.07, 6.45) is 0. The van der Waals surface area contributed by atoms with E-state index in [4.69, 9.17) is 9.88 Å². The van der Waals surface area contributed by atoms with Gasteiger partial charge in [-0.3, -0.25) is 4.79 Å². The zero-order valence-corrected chi connectivity index (χ0v) is 16.5. The predicted molar refractivity (Wildman–Crippen MR) is 99.0 cm³/mol. The highest BCUT2D eigenvalue weighted by Gasteiger charge is 2.24. The molecule has 0 aliphatic heterocycles. The van der Waals surface area contributed by atoms with Gasteiger partial charge in [-0.05, 0) is 47.1 Å². The third-order valence-corrected chi connectivity index (χ3v) is 5.59. The number of carbonyl (C=O) groups excluding carboxylic acids is 1. The average molecular weight is 427 g/mol. The minimum Gasteiger partial charge on any atom is -0.496 e. The maximum absolute atomic E-state index is 12.9. The van der Waals surface area contributed by atoms with Crippen LogP contribution in [0, 0.1) is 0 Å². The lowest BCUT2D eigenvalue weighted by Gasteiger charge is -2.27. The Hall–Kier alpha value is -1.90. The van der Waals surface area contributed by atoms with Crippen LogP contribution in [0.5, 0.6) is 5.75 Å². The second-order valence-corrected chi connectivity index (χ2v) is 7.94. The van der Waals surface area contributed by atoms with Crippen molar-refractivity contribution < 1.29 is 17.9 Å². The zero-order valence-electron chi connectivity index (χ0n) is 14.1. The van der Waals surface area contributed by atoms with E-state index in [0.717, 1.165) is 5.56 Å². The molecule has 0 saturated heterocycles. The zero-order chi connectivity index (χ0) is 18.8. The Balaban J connectivity index is 2.40. The summed E-state index contributed by atoms with van der Waals surface area (Å²) in [7, 11) is -0.679. The molecule has 0 spiro atoms. The molecule has 8 heteroatoms. The number of sulfonamides is 1. The third-order valence-electron chi connectivity index (χ3n) is 3.99. The summed E-state index contributed by atoms with van der Waals surface area (Å²) < 4.78 is 28.9. The summed E-state index contributed by atoms with van der Waals surface area (Å²) in [5, 5.41) is 5.16. The summed E-state index contributed by atoms with van der Waals surface area (Å²) in [6, 6.07) is 11.2. The molecule has 134 valence electrons. The fourth-order valence-corrected chi connectivity index (χ4v) is 3.39. The van der Waals surface area contributed by atoms with E-state index >= 15 is 0 Å². The number of ether oxygens (including phenoxy) is 1. The van der Waals surface area contributed by atoms with Crippen molar-refractivity contribution in [3.63, 3.8) is 0 Å². The summed E-state index contributed by atoms with van der Waals surface area (Å²) in [5.74, 6) is 0.336. The molecular weight excluding hydrogens is 408 g/mol. The number of nitrogens with two attached hydrogens (primary N) is 1. The van der Waals surface area contributed by atoms with Gasteiger partial charge >= 0.3 is 0 Å². The Labute approximate surface area is 155 Å². The highest BCUT2D eigenvalue weighted by atomic mass is 79.9. The quantitative estimate of drug-likeness (QED) is 0.795. The van der Waals surface area contributed by atoms with Gasteiger partial charge in [0.15, 0.2) is 0 Å². The van der Waals surface area contributed by atoms with Gasteiger partial charge in [0.1, 0.15) is 5.75 Å². The molecule has 1 amide bonds. The van der Waals surface area contributed by atoms with Gasteiger partial charge in [-0.2, -0.15) is 0 Å². The van der Waals surface area contributed by atoms with Gasteiger partial charge in [0.2, 0.25) is 10.0 Å². The Morgan fingerprint density at radius 3 is 2.48 bits per heavy atom. The Kier molecular flexibility index (Phi) is 5.87. The van der Waals surface area contributed by atoms with E-state index in [1.54, 1.807) is 14.2 Å². The van der Waals surface area contributed by atoms with Crippen molar-refractivity contribution in [2.24, 2.45) is 5.14 Å². The van der Waals surface area contributed by atoms with Crippen LogP contribution in [0.3, 0.4) is 0 Å². The number of halogens is 1. The monoisotopic (exact) mass is 426 g/mol. The Bertz CT molecular complexity index is 899. The molecule has 6 nitrogen and oxygen atoms in total. The number of amides is 1. The molecule has 0 bridgehead atoms.